The lowest BCUT2D eigenvalue weighted by Gasteiger charge is -2.24. The van der Waals surface area contributed by atoms with Crippen molar-refractivity contribution < 1.29 is 9.53 Å². The van der Waals surface area contributed by atoms with Crippen LogP contribution in [0.3, 0.4) is 0 Å². The lowest BCUT2D eigenvalue weighted by atomic mass is 10.0. The molecular weight excluding hydrogens is 324 g/mol. The van der Waals surface area contributed by atoms with Crippen LogP contribution in [-0.2, 0) is 11.3 Å². The largest absolute Gasteiger partial charge is 0.385 e. The second-order valence-electron chi connectivity index (χ2n) is 6.78. The van der Waals surface area contributed by atoms with E-state index < -0.39 is 0 Å². The number of hydrogen-bond acceptors (Lipinski definition) is 2. The molecule has 2 aromatic carbocycles. The average molecular weight is 354 g/mol. The molecule has 0 bridgehead atoms. The summed E-state index contributed by atoms with van der Waals surface area (Å²) >= 11 is 0. The Morgan fingerprint density at radius 1 is 1.04 bits per heavy atom. The number of anilines is 1. The van der Waals surface area contributed by atoms with Gasteiger partial charge in [0.15, 0.2) is 0 Å². The van der Waals surface area contributed by atoms with Crippen LogP contribution in [0.2, 0.25) is 0 Å². The standard InChI is InChI=1S/C22H30N2O2/c1-18(2)20-13-7-8-14-21(20)23-22(25)24(15-9-10-16-26-3)17-19-11-5-4-6-12-19/h4-8,11-14,18H,9-10,15-17H2,1-3H3,(H,23,25). The first-order valence-electron chi connectivity index (χ1n) is 9.29. The van der Waals surface area contributed by atoms with Crippen molar-refractivity contribution in [3.05, 3.63) is 65.7 Å². The molecule has 1 N–H and O–H groups in total. The van der Waals surface area contributed by atoms with Gasteiger partial charge in [-0.05, 0) is 36.0 Å². The number of nitrogens with one attached hydrogen (secondary N) is 1. The number of hydrogen-bond donors (Lipinski definition) is 1. The summed E-state index contributed by atoms with van der Waals surface area (Å²) in [5.41, 5.74) is 3.17. The summed E-state index contributed by atoms with van der Waals surface area (Å²) in [6.07, 6.45) is 1.86. The Bertz CT molecular complexity index is 671. The molecule has 140 valence electrons. The Labute approximate surface area is 157 Å². The maximum atomic E-state index is 12.9. The summed E-state index contributed by atoms with van der Waals surface area (Å²) in [7, 11) is 1.71. The molecule has 0 aliphatic heterocycles. The molecule has 0 aromatic heterocycles. The number of amides is 2. The third-order valence-corrected chi connectivity index (χ3v) is 4.35. The summed E-state index contributed by atoms with van der Waals surface area (Å²) in [6.45, 7) is 6.30. The number of urea groups is 1. The van der Waals surface area contributed by atoms with Crippen molar-refractivity contribution in [2.45, 2.75) is 39.2 Å². The van der Waals surface area contributed by atoms with Crippen molar-refractivity contribution in [1.82, 2.24) is 4.90 Å². The summed E-state index contributed by atoms with van der Waals surface area (Å²) in [4.78, 5) is 14.8. The van der Waals surface area contributed by atoms with E-state index in [4.69, 9.17) is 4.74 Å². The Morgan fingerprint density at radius 3 is 2.42 bits per heavy atom. The van der Waals surface area contributed by atoms with Crippen LogP contribution in [0, 0.1) is 0 Å². The number of rotatable bonds is 9. The zero-order valence-electron chi connectivity index (χ0n) is 16.1. The van der Waals surface area contributed by atoms with Crippen molar-refractivity contribution in [2.75, 3.05) is 25.6 Å². The van der Waals surface area contributed by atoms with E-state index in [0.717, 1.165) is 36.3 Å². The molecular formula is C22H30N2O2. The van der Waals surface area contributed by atoms with Crippen LogP contribution in [0.4, 0.5) is 10.5 Å². The Morgan fingerprint density at radius 2 is 1.73 bits per heavy atom. The number of nitrogens with zero attached hydrogens (tertiary/aromatic N) is 1. The SMILES string of the molecule is COCCCCN(Cc1ccccc1)C(=O)Nc1ccccc1C(C)C. The van der Waals surface area contributed by atoms with Gasteiger partial charge in [-0.2, -0.15) is 0 Å². The number of para-hydroxylation sites is 1. The quantitative estimate of drug-likeness (QED) is 0.623. The van der Waals surface area contributed by atoms with Crippen LogP contribution in [0.5, 0.6) is 0 Å². The smallest absolute Gasteiger partial charge is 0.322 e. The predicted molar refractivity (Wildman–Crippen MR) is 108 cm³/mol. The molecule has 0 aliphatic rings. The van der Waals surface area contributed by atoms with E-state index in [1.807, 2.05) is 41.3 Å². The minimum Gasteiger partial charge on any atom is -0.385 e. The van der Waals surface area contributed by atoms with Crippen molar-refractivity contribution in [2.24, 2.45) is 0 Å². The monoisotopic (exact) mass is 354 g/mol. The van der Waals surface area contributed by atoms with E-state index in [-0.39, 0.29) is 6.03 Å². The summed E-state index contributed by atoms with van der Waals surface area (Å²) in [5, 5.41) is 3.11. The number of carbonyl (C=O) groups excluding carboxylic acids is 1. The topological polar surface area (TPSA) is 41.6 Å². The van der Waals surface area contributed by atoms with Crippen LogP contribution < -0.4 is 5.32 Å². The van der Waals surface area contributed by atoms with Crippen molar-refractivity contribution in [3.8, 4) is 0 Å². The van der Waals surface area contributed by atoms with Crippen LogP contribution in [0.25, 0.3) is 0 Å². The van der Waals surface area contributed by atoms with Gasteiger partial charge in [0.05, 0.1) is 0 Å². The maximum Gasteiger partial charge on any atom is 0.322 e. The number of benzene rings is 2. The van der Waals surface area contributed by atoms with Gasteiger partial charge in [0.1, 0.15) is 0 Å². The molecule has 0 fully saturated rings. The van der Waals surface area contributed by atoms with Gasteiger partial charge < -0.3 is 15.0 Å². The Balaban J connectivity index is 2.09. The van der Waals surface area contributed by atoms with Gasteiger partial charge in [-0.15, -0.1) is 0 Å². The maximum absolute atomic E-state index is 12.9. The van der Waals surface area contributed by atoms with Crippen molar-refractivity contribution in [3.63, 3.8) is 0 Å². The normalized spacial score (nSPS) is 10.8. The van der Waals surface area contributed by atoms with Gasteiger partial charge in [0, 0.05) is 32.5 Å². The number of ether oxygens (including phenoxy) is 1. The van der Waals surface area contributed by atoms with Gasteiger partial charge in [-0.3, -0.25) is 0 Å². The highest BCUT2D eigenvalue weighted by molar-refractivity contribution is 5.90. The predicted octanol–water partition coefficient (Wildman–Crippen LogP) is 5.27. The van der Waals surface area contributed by atoms with E-state index >= 15 is 0 Å². The highest BCUT2D eigenvalue weighted by Gasteiger charge is 2.16. The fourth-order valence-electron chi connectivity index (χ4n) is 2.91. The first-order valence-corrected chi connectivity index (χ1v) is 9.29. The fraction of sp³-hybridized carbons (Fsp3) is 0.409. The summed E-state index contributed by atoms with van der Waals surface area (Å²) < 4.78 is 5.12. The molecule has 0 atom stereocenters. The zero-order chi connectivity index (χ0) is 18.8. The zero-order valence-corrected chi connectivity index (χ0v) is 16.1. The molecule has 4 heteroatoms. The van der Waals surface area contributed by atoms with Gasteiger partial charge in [-0.1, -0.05) is 62.4 Å². The lowest BCUT2D eigenvalue weighted by Crippen LogP contribution is -2.35. The molecule has 0 heterocycles. The molecule has 0 saturated carbocycles. The van der Waals surface area contributed by atoms with Crippen molar-refractivity contribution >= 4 is 11.7 Å². The Hall–Kier alpha value is -2.33. The molecule has 2 rings (SSSR count). The minimum absolute atomic E-state index is 0.0561. The van der Waals surface area contributed by atoms with Gasteiger partial charge in [0.25, 0.3) is 0 Å². The molecule has 0 unspecified atom stereocenters. The second-order valence-corrected chi connectivity index (χ2v) is 6.78. The second kappa shape index (κ2) is 10.6. The highest BCUT2D eigenvalue weighted by atomic mass is 16.5. The fourth-order valence-corrected chi connectivity index (χ4v) is 2.91. The van der Waals surface area contributed by atoms with Crippen LogP contribution in [-0.4, -0.2) is 31.2 Å². The minimum atomic E-state index is -0.0561. The third kappa shape index (κ3) is 6.19. The van der Waals surface area contributed by atoms with E-state index in [2.05, 4.69) is 37.4 Å². The van der Waals surface area contributed by atoms with Gasteiger partial charge >= 0.3 is 6.03 Å². The molecule has 2 amide bonds. The van der Waals surface area contributed by atoms with Crippen LogP contribution in [0.15, 0.2) is 54.6 Å². The lowest BCUT2D eigenvalue weighted by molar-refractivity contribution is 0.182. The van der Waals surface area contributed by atoms with E-state index in [1.54, 1.807) is 7.11 Å². The first-order chi connectivity index (χ1) is 12.6. The van der Waals surface area contributed by atoms with Gasteiger partial charge in [-0.25, -0.2) is 4.79 Å². The highest BCUT2D eigenvalue weighted by Crippen LogP contribution is 2.24. The number of unbranched alkanes of at least 4 members (excludes halogenated alkanes) is 1. The third-order valence-electron chi connectivity index (χ3n) is 4.35. The molecule has 26 heavy (non-hydrogen) atoms. The molecule has 4 nitrogen and oxygen atoms in total. The van der Waals surface area contributed by atoms with Crippen LogP contribution in [0.1, 0.15) is 43.7 Å². The van der Waals surface area contributed by atoms with Crippen molar-refractivity contribution in [1.29, 1.82) is 0 Å². The number of methoxy groups -OCH3 is 1. The summed E-state index contributed by atoms with van der Waals surface area (Å²) in [6, 6.07) is 18.1. The molecule has 0 aliphatic carbocycles. The van der Waals surface area contributed by atoms with Gasteiger partial charge in [0.2, 0.25) is 0 Å². The summed E-state index contributed by atoms with van der Waals surface area (Å²) in [5.74, 6) is 0.357. The molecule has 0 radical (unpaired) electrons. The van der Waals surface area contributed by atoms with E-state index in [0.29, 0.717) is 19.0 Å². The molecule has 0 spiro atoms. The van der Waals surface area contributed by atoms with E-state index in [9.17, 15) is 4.79 Å². The average Bonchev–Trinajstić information content (AvgIpc) is 2.65. The number of carbonyl (C=O) groups is 1. The van der Waals surface area contributed by atoms with Crippen LogP contribution >= 0.6 is 0 Å². The Kier molecular flexibility index (Phi) is 8.16. The van der Waals surface area contributed by atoms with E-state index in [1.165, 1.54) is 0 Å². The molecule has 0 saturated heterocycles. The first kappa shape index (κ1) is 20.0. The molecule has 2 aromatic rings.